The Morgan fingerprint density at radius 3 is 2.82 bits per heavy atom. The number of carbonyl (C=O) groups excluding carboxylic acids is 1. The van der Waals surface area contributed by atoms with Crippen molar-refractivity contribution in [3.05, 3.63) is 27.7 Å². The molecular formula is C12H12BrNO3. The summed E-state index contributed by atoms with van der Waals surface area (Å²) >= 11 is 3.37. The van der Waals surface area contributed by atoms with E-state index < -0.39 is 6.09 Å². The van der Waals surface area contributed by atoms with Crippen molar-refractivity contribution in [2.24, 2.45) is 0 Å². The second kappa shape index (κ2) is 4.49. The van der Waals surface area contributed by atoms with E-state index >= 15 is 0 Å². The number of carboxylic acid groups (broad SMARTS) is 1. The summed E-state index contributed by atoms with van der Waals surface area (Å²) in [6, 6.07) is 3.48. The summed E-state index contributed by atoms with van der Waals surface area (Å²) in [5.41, 5.74) is 1.82. The fourth-order valence-corrected chi connectivity index (χ4v) is 2.40. The molecule has 1 aromatic carbocycles. The largest absolute Gasteiger partial charge is 0.465 e. The zero-order valence-electron chi connectivity index (χ0n) is 9.36. The highest BCUT2D eigenvalue weighted by atomic mass is 79.9. The molecule has 1 heterocycles. The van der Waals surface area contributed by atoms with E-state index in [4.69, 9.17) is 0 Å². The van der Waals surface area contributed by atoms with Crippen molar-refractivity contribution >= 4 is 33.5 Å². The van der Waals surface area contributed by atoms with Crippen LogP contribution in [-0.2, 0) is 0 Å². The maximum atomic E-state index is 11.9. The Morgan fingerprint density at radius 1 is 1.47 bits per heavy atom. The molecule has 0 spiro atoms. The molecule has 0 fully saturated rings. The van der Waals surface area contributed by atoms with Crippen molar-refractivity contribution < 1.29 is 14.7 Å². The van der Waals surface area contributed by atoms with Crippen LogP contribution < -0.4 is 4.90 Å². The average molecular weight is 298 g/mol. The van der Waals surface area contributed by atoms with Gasteiger partial charge in [0.15, 0.2) is 5.78 Å². The average Bonchev–Trinajstić information content (AvgIpc) is 2.44. The highest BCUT2D eigenvalue weighted by molar-refractivity contribution is 9.10. The first-order valence-corrected chi connectivity index (χ1v) is 6.14. The van der Waals surface area contributed by atoms with Crippen LogP contribution >= 0.6 is 15.9 Å². The van der Waals surface area contributed by atoms with Crippen molar-refractivity contribution in [1.82, 2.24) is 0 Å². The van der Waals surface area contributed by atoms with E-state index in [1.54, 1.807) is 12.1 Å². The summed E-state index contributed by atoms with van der Waals surface area (Å²) < 4.78 is 0.817. The van der Waals surface area contributed by atoms with Gasteiger partial charge in [-0.25, -0.2) is 4.79 Å². The Kier molecular flexibility index (Phi) is 3.19. The molecule has 0 unspecified atom stereocenters. The van der Waals surface area contributed by atoms with Crippen LogP contribution in [0.2, 0.25) is 0 Å². The third-order valence-corrected chi connectivity index (χ3v) is 3.81. The zero-order chi connectivity index (χ0) is 12.6. The third kappa shape index (κ3) is 2.07. The van der Waals surface area contributed by atoms with Crippen LogP contribution in [0.15, 0.2) is 16.6 Å². The molecule has 0 saturated heterocycles. The molecule has 0 aliphatic carbocycles. The number of amides is 1. The first-order chi connectivity index (χ1) is 8.02. The molecule has 1 aromatic rings. The van der Waals surface area contributed by atoms with Gasteiger partial charge in [0.05, 0.1) is 5.69 Å². The molecular weight excluding hydrogens is 286 g/mol. The fourth-order valence-electron chi connectivity index (χ4n) is 2.08. The normalized spacial score (nSPS) is 15.4. The van der Waals surface area contributed by atoms with Crippen molar-refractivity contribution in [2.45, 2.75) is 19.8 Å². The molecule has 0 aromatic heterocycles. The second-order valence-electron chi connectivity index (χ2n) is 4.03. The van der Waals surface area contributed by atoms with Gasteiger partial charge in [-0.1, -0.05) is 15.9 Å². The summed E-state index contributed by atoms with van der Waals surface area (Å²) in [7, 11) is 0. The molecule has 0 atom stereocenters. The predicted molar refractivity (Wildman–Crippen MR) is 67.8 cm³/mol. The van der Waals surface area contributed by atoms with Gasteiger partial charge in [-0.2, -0.15) is 0 Å². The molecule has 90 valence electrons. The van der Waals surface area contributed by atoms with Gasteiger partial charge in [0.2, 0.25) is 0 Å². The minimum atomic E-state index is -1.01. The molecule has 0 radical (unpaired) electrons. The number of anilines is 1. The molecule has 1 N–H and O–H groups in total. The molecule has 4 nitrogen and oxygen atoms in total. The lowest BCUT2D eigenvalue weighted by Crippen LogP contribution is -2.30. The van der Waals surface area contributed by atoms with Gasteiger partial charge < -0.3 is 5.11 Å². The standard InChI is InChI=1S/C12H12BrNO3/c1-7-9(13)5-4-8-10(15)3-2-6-14(11(7)8)12(16)17/h4-5H,2-3,6H2,1H3,(H,16,17). The molecule has 17 heavy (non-hydrogen) atoms. The van der Waals surface area contributed by atoms with Crippen LogP contribution in [0.5, 0.6) is 0 Å². The number of rotatable bonds is 0. The van der Waals surface area contributed by atoms with Gasteiger partial charge in [0.1, 0.15) is 0 Å². The Labute approximate surface area is 107 Å². The van der Waals surface area contributed by atoms with E-state index in [2.05, 4.69) is 15.9 Å². The first kappa shape index (κ1) is 12.1. The number of carbonyl (C=O) groups is 2. The number of halogens is 1. The van der Waals surface area contributed by atoms with Crippen LogP contribution in [0, 0.1) is 6.92 Å². The van der Waals surface area contributed by atoms with Crippen molar-refractivity contribution in [1.29, 1.82) is 0 Å². The lowest BCUT2D eigenvalue weighted by Gasteiger charge is -2.21. The summed E-state index contributed by atoms with van der Waals surface area (Å²) in [4.78, 5) is 24.4. The number of hydrogen-bond donors (Lipinski definition) is 1. The lowest BCUT2D eigenvalue weighted by atomic mass is 10.0. The summed E-state index contributed by atoms with van der Waals surface area (Å²) in [6.45, 7) is 2.18. The van der Waals surface area contributed by atoms with E-state index in [1.165, 1.54) is 4.90 Å². The minimum Gasteiger partial charge on any atom is -0.465 e. The second-order valence-corrected chi connectivity index (χ2v) is 4.88. The highest BCUT2D eigenvalue weighted by Gasteiger charge is 2.27. The van der Waals surface area contributed by atoms with Gasteiger partial charge in [0.25, 0.3) is 0 Å². The van der Waals surface area contributed by atoms with E-state index in [-0.39, 0.29) is 5.78 Å². The van der Waals surface area contributed by atoms with Gasteiger partial charge in [-0.05, 0) is 31.0 Å². The number of nitrogens with zero attached hydrogens (tertiary/aromatic N) is 1. The SMILES string of the molecule is Cc1c(Br)ccc2c1N(C(=O)O)CCCC2=O. The maximum Gasteiger partial charge on any atom is 0.411 e. The molecule has 1 amide bonds. The minimum absolute atomic E-state index is 0.0133. The monoisotopic (exact) mass is 297 g/mol. The van der Waals surface area contributed by atoms with Crippen LogP contribution in [0.25, 0.3) is 0 Å². The van der Waals surface area contributed by atoms with E-state index in [9.17, 15) is 14.7 Å². The number of fused-ring (bicyclic) bond motifs is 1. The Balaban J connectivity index is 2.68. The van der Waals surface area contributed by atoms with Crippen LogP contribution in [0.3, 0.4) is 0 Å². The summed E-state index contributed by atoms with van der Waals surface area (Å²) in [5, 5.41) is 9.21. The first-order valence-electron chi connectivity index (χ1n) is 5.35. The van der Waals surface area contributed by atoms with Gasteiger partial charge >= 0.3 is 6.09 Å². The third-order valence-electron chi connectivity index (χ3n) is 2.95. The number of hydrogen-bond acceptors (Lipinski definition) is 2. The fraction of sp³-hybridized carbons (Fsp3) is 0.333. The number of benzene rings is 1. The van der Waals surface area contributed by atoms with Crippen LogP contribution in [0.1, 0.15) is 28.8 Å². The maximum absolute atomic E-state index is 11.9. The lowest BCUT2D eigenvalue weighted by molar-refractivity contribution is 0.0983. The van der Waals surface area contributed by atoms with E-state index in [0.29, 0.717) is 30.6 Å². The van der Waals surface area contributed by atoms with E-state index in [0.717, 1.165) is 10.0 Å². The molecule has 1 aliphatic rings. The highest BCUT2D eigenvalue weighted by Crippen LogP contribution is 2.34. The van der Waals surface area contributed by atoms with Crippen molar-refractivity contribution in [2.75, 3.05) is 11.4 Å². The summed E-state index contributed by atoms with van der Waals surface area (Å²) in [6.07, 6.45) is -0.0449. The molecule has 1 aliphatic heterocycles. The Morgan fingerprint density at radius 2 is 2.18 bits per heavy atom. The number of ketones is 1. The molecule has 5 heteroatoms. The smallest absolute Gasteiger partial charge is 0.411 e. The predicted octanol–water partition coefficient (Wildman–Crippen LogP) is 3.22. The van der Waals surface area contributed by atoms with Crippen molar-refractivity contribution in [3.63, 3.8) is 0 Å². The Bertz CT molecular complexity index is 499. The van der Waals surface area contributed by atoms with Crippen LogP contribution in [-0.4, -0.2) is 23.5 Å². The molecule has 0 saturated carbocycles. The van der Waals surface area contributed by atoms with E-state index in [1.807, 2.05) is 6.92 Å². The topological polar surface area (TPSA) is 57.6 Å². The van der Waals surface area contributed by atoms with Gasteiger partial charge in [-0.15, -0.1) is 0 Å². The summed E-state index contributed by atoms with van der Waals surface area (Å²) in [5.74, 6) is 0.0133. The number of Topliss-reactive ketones (excluding diaryl/α,β-unsaturated/α-hetero) is 1. The molecule has 0 bridgehead atoms. The Hall–Kier alpha value is -1.36. The molecule has 2 rings (SSSR count). The quantitative estimate of drug-likeness (QED) is 0.800. The van der Waals surface area contributed by atoms with Gasteiger partial charge in [-0.3, -0.25) is 9.69 Å². The van der Waals surface area contributed by atoms with Crippen LogP contribution in [0.4, 0.5) is 10.5 Å². The van der Waals surface area contributed by atoms with Gasteiger partial charge in [0, 0.05) is 23.0 Å². The zero-order valence-corrected chi connectivity index (χ0v) is 11.0. The van der Waals surface area contributed by atoms with Crippen molar-refractivity contribution in [3.8, 4) is 0 Å².